The van der Waals surface area contributed by atoms with Crippen LogP contribution in [0.5, 0.6) is 0 Å². The van der Waals surface area contributed by atoms with Crippen LogP contribution in [0.3, 0.4) is 0 Å². The largest absolute Gasteiger partial charge is 0.478 e. The van der Waals surface area contributed by atoms with Crippen LogP contribution in [0, 0.1) is 5.41 Å². The average molecular weight is 142 g/mol. The van der Waals surface area contributed by atoms with Gasteiger partial charge in [0.2, 0.25) is 0 Å². The fraction of sp³-hybridized carbons (Fsp3) is 0.429. The molecule has 0 bridgehead atoms. The Kier molecular flexibility index (Phi) is 2.80. The van der Waals surface area contributed by atoms with E-state index in [0.717, 1.165) is 6.08 Å². The second-order valence-electron chi connectivity index (χ2n) is 2.61. The van der Waals surface area contributed by atoms with Crippen LogP contribution in [0.4, 0.5) is 0 Å². The normalized spacial score (nSPS) is 11.8. The fourth-order valence-electron chi connectivity index (χ4n) is 0.325. The van der Waals surface area contributed by atoms with Crippen LogP contribution in [-0.4, -0.2) is 17.4 Å². The van der Waals surface area contributed by atoms with Crippen molar-refractivity contribution in [1.29, 1.82) is 0 Å². The average Bonchev–Trinajstić information content (AvgIpc) is 1.85. The molecule has 0 radical (unpaired) electrons. The first kappa shape index (κ1) is 8.88. The van der Waals surface area contributed by atoms with Gasteiger partial charge in [-0.2, -0.15) is 0 Å². The van der Waals surface area contributed by atoms with Gasteiger partial charge in [-0.3, -0.25) is 0 Å². The summed E-state index contributed by atoms with van der Waals surface area (Å²) in [5, 5.41) is 8.17. The molecule has 0 saturated carbocycles. The van der Waals surface area contributed by atoms with E-state index in [-0.39, 0.29) is 0 Å². The van der Waals surface area contributed by atoms with Gasteiger partial charge in [-0.25, -0.2) is 4.79 Å². The summed E-state index contributed by atoms with van der Waals surface area (Å²) >= 11 is 0. The topological polar surface area (TPSA) is 54.4 Å². The summed E-state index contributed by atoms with van der Waals surface area (Å²) in [7, 11) is 0. The second-order valence-corrected chi connectivity index (χ2v) is 2.61. The number of hydrogen-bond acceptors (Lipinski definition) is 2. The van der Waals surface area contributed by atoms with Gasteiger partial charge in [0.15, 0.2) is 0 Å². The Bertz CT molecular complexity index is 168. The number of carbonyl (C=O) groups is 2. The predicted molar refractivity (Wildman–Crippen MR) is 36.6 cm³/mol. The number of rotatable bonds is 3. The Morgan fingerprint density at radius 3 is 2.30 bits per heavy atom. The van der Waals surface area contributed by atoms with Crippen LogP contribution in [0.25, 0.3) is 0 Å². The number of hydrogen-bond donors (Lipinski definition) is 1. The molecule has 0 unspecified atom stereocenters. The van der Waals surface area contributed by atoms with Crippen molar-refractivity contribution in [2.24, 2.45) is 5.41 Å². The Morgan fingerprint density at radius 2 is 2.00 bits per heavy atom. The minimum absolute atomic E-state index is 0.668. The lowest BCUT2D eigenvalue weighted by Crippen LogP contribution is -2.09. The lowest BCUT2D eigenvalue weighted by Gasteiger charge is -2.07. The zero-order valence-corrected chi connectivity index (χ0v) is 6.00. The molecule has 0 aromatic heterocycles. The highest BCUT2D eigenvalue weighted by Crippen LogP contribution is 2.11. The van der Waals surface area contributed by atoms with Gasteiger partial charge in [-0.15, -0.1) is 0 Å². The third kappa shape index (κ3) is 3.83. The van der Waals surface area contributed by atoms with E-state index in [1.807, 2.05) is 0 Å². The molecule has 0 aliphatic rings. The van der Waals surface area contributed by atoms with Crippen LogP contribution in [0.1, 0.15) is 13.8 Å². The zero-order chi connectivity index (χ0) is 8.20. The van der Waals surface area contributed by atoms with Crippen LogP contribution in [0.2, 0.25) is 0 Å². The summed E-state index contributed by atoms with van der Waals surface area (Å²) in [4.78, 5) is 20.2. The van der Waals surface area contributed by atoms with Gasteiger partial charge >= 0.3 is 5.97 Å². The minimum atomic E-state index is -1.03. The van der Waals surface area contributed by atoms with E-state index in [9.17, 15) is 9.59 Å². The van der Waals surface area contributed by atoms with E-state index < -0.39 is 11.4 Å². The molecule has 0 fully saturated rings. The van der Waals surface area contributed by atoms with E-state index in [1.165, 1.54) is 6.08 Å². The molecule has 0 spiro atoms. The first-order chi connectivity index (χ1) is 4.48. The Balaban J connectivity index is 4.12. The molecule has 3 heteroatoms. The van der Waals surface area contributed by atoms with E-state index in [4.69, 9.17) is 5.11 Å². The van der Waals surface area contributed by atoms with Crippen LogP contribution in [0.15, 0.2) is 12.2 Å². The molecular formula is C7H10O3. The van der Waals surface area contributed by atoms with E-state index in [1.54, 1.807) is 13.8 Å². The van der Waals surface area contributed by atoms with Gasteiger partial charge in [0.1, 0.15) is 6.29 Å². The second kappa shape index (κ2) is 3.15. The number of aldehydes is 1. The van der Waals surface area contributed by atoms with E-state index >= 15 is 0 Å². The van der Waals surface area contributed by atoms with Crippen molar-refractivity contribution < 1.29 is 14.7 Å². The summed E-state index contributed by atoms with van der Waals surface area (Å²) in [6.45, 7) is 3.28. The smallest absolute Gasteiger partial charge is 0.328 e. The first-order valence-electron chi connectivity index (χ1n) is 2.86. The quantitative estimate of drug-likeness (QED) is 0.469. The number of carboxylic acids is 1. The lowest BCUT2D eigenvalue weighted by atomic mass is 9.95. The molecule has 0 aliphatic heterocycles. The van der Waals surface area contributed by atoms with Gasteiger partial charge in [-0.05, 0) is 13.8 Å². The van der Waals surface area contributed by atoms with Crippen molar-refractivity contribution >= 4 is 12.3 Å². The SMILES string of the molecule is CC(C)(C=O)/C=C\C(=O)O. The third-order valence-corrected chi connectivity index (χ3v) is 0.959. The molecule has 0 heterocycles. The highest BCUT2D eigenvalue weighted by atomic mass is 16.4. The van der Waals surface area contributed by atoms with Crippen LogP contribution >= 0.6 is 0 Å². The minimum Gasteiger partial charge on any atom is -0.478 e. The fourth-order valence-corrected chi connectivity index (χ4v) is 0.325. The predicted octanol–water partition coefficient (Wildman–Crippen LogP) is 0.852. The summed E-state index contributed by atoms with van der Waals surface area (Å²) in [6.07, 6.45) is 3.02. The highest BCUT2D eigenvalue weighted by Gasteiger charge is 2.11. The maximum Gasteiger partial charge on any atom is 0.328 e. The van der Waals surface area contributed by atoms with Crippen molar-refractivity contribution in [3.8, 4) is 0 Å². The maximum atomic E-state index is 10.2. The van der Waals surface area contributed by atoms with E-state index in [0.29, 0.717) is 6.29 Å². The third-order valence-electron chi connectivity index (χ3n) is 0.959. The molecule has 0 saturated heterocycles. The van der Waals surface area contributed by atoms with Gasteiger partial charge < -0.3 is 9.90 Å². The standard InChI is InChI=1S/C7H10O3/c1-7(2,5-8)4-3-6(9)10/h3-5H,1-2H3,(H,9,10)/b4-3-. The number of aliphatic carboxylic acids is 1. The van der Waals surface area contributed by atoms with Gasteiger partial charge in [0, 0.05) is 11.5 Å². The molecule has 3 nitrogen and oxygen atoms in total. The molecule has 56 valence electrons. The Morgan fingerprint density at radius 1 is 1.50 bits per heavy atom. The van der Waals surface area contributed by atoms with Gasteiger partial charge in [0.25, 0.3) is 0 Å². The van der Waals surface area contributed by atoms with Crippen molar-refractivity contribution in [1.82, 2.24) is 0 Å². The Hall–Kier alpha value is -1.12. The molecule has 0 aliphatic carbocycles. The Labute approximate surface area is 59.4 Å². The monoisotopic (exact) mass is 142 g/mol. The van der Waals surface area contributed by atoms with Crippen molar-refractivity contribution in [2.45, 2.75) is 13.8 Å². The van der Waals surface area contributed by atoms with Gasteiger partial charge in [-0.1, -0.05) is 6.08 Å². The lowest BCUT2D eigenvalue weighted by molar-refractivity contribution is -0.131. The summed E-state index contributed by atoms with van der Waals surface area (Å²) < 4.78 is 0. The highest BCUT2D eigenvalue weighted by molar-refractivity contribution is 5.80. The number of carbonyl (C=O) groups excluding carboxylic acids is 1. The molecule has 0 aromatic carbocycles. The maximum absolute atomic E-state index is 10.2. The van der Waals surface area contributed by atoms with Crippen molar-refractivity contribution in [3.05, 3.63) is 12.2 Å². The number of allylic oxidation sites excluding steroid dienone is 1. The van der Waals surface area contributed by atoms with Crippen molar-refractivity contribution in [3.63, 3.8) is 0 Å². The zero-order valence-electron chi connectivity index (χ0n) is 6.00. The molecule has 0 amide bonds. The summed E-state index contributed by atoms with van der Waals surface area (Å²) in [5.41, 5.74) is -0.668. The van der Waals surface area contributed by atoms with Crippen molar-refractivity contribution in [2.75, 3.05) is 0 Å². The number of carboxylic acid groups (broad SMARTS) is 1. The van der Waals surface area contributed by atoms with Crippen LogP contribution in [-0.2, 0) is 9.59 Å². The molecule has 10 heavy (non-hydrogen) atoms. The van der Waals surface area contributed by atoms with E-state index in [2.05, 4.69) is 0 Å². The molecule has 0 aromatic rings. The molecule has 0 atom stereocenters. The molecule has 0 rings (SSSR count). The van der Waals surface area contributed by atoms with Gasteiger partial charge in [0.05, 0.1) is 0 Å². The van der Waals surface area contributed by atoms with Crippen LogP contribution < -0.4 is 0 Å². The first-order valence-corrected chi connectivity index (χ1v) is 2.86. The summed E-state index contributed by atoms with van der Waals surface area (Å²) in [6, 6.07) is 0. The molecule has 1 N–H and O–H groups in total. The molecular weight excluding hydrogens is 132 g/mol. The summed E-state index contributed by atoms with van der Waals surface area (Å²) in [5.74, 6) is -1.03.